The third kappa shape index (κ3) is 5.09. The lowest BCUT2D eigenvalue weighted by Gasteiger charge is -2.12. The number of alkyl halides is 3. The number of aryl methyl sites for hydroxylation is 1. The largest absolute Gasteiger partial charge is 0.416 e. The molecule has 0 aliphatic rings. The average molecular weight is 369 g/mol. The maximum atomic E-state index is 12.5. The van der Waals surface area contributed by atoms with E-state index in [0.717, 1.165) is 24.3 Å². The first-order valence-electron chi connectivity index (χ1n) is 7.74. The molecule has 2 aromatic rings. The van der Waals surface area contributed by atoms with Crippen LogP contribution in [-0.4, -0.2) is 28.0 Å². The van der Waals surface area contributed by atoms with Crippen molar-refractivity contribution in [3.8, 4) is 0 Å². The Morgan fingerprint density at radius 2 is 1.81 bits per heavy atom. The van der Waals surface area contributed by atoms with Crippen molar-refractivity contribution in [2.75, 3.05) is 11.9 Å². The number of anilines is 1. The van der Waals surface area contributed by atoms with Gasteiger partial charge in [-0.2, -0.15) is 13.2 Å². The zero-order valence-electron chi connectivity index (χ0n) is 13.9. The summed E-state index contributed by atoms with van der Waals surface area (Å²) in [5.41, 5.74) is -0.106. The molecule has 1 atom stereocenters. The molecule has 140 valence electrons. The minimum Gasteiger partial charge on any atom is -0.387 e. The van der Waals surface area contributed by atoms with E-state index in [2.05, 4.69) is 10.6 Å². The van der Waals surface area contributed by atoms with Crippen molar-refractivity contribution in [2.45, 2.75) is 18.7 Å². The van der Waals surface area contributed by atoms with Crippen LogP contribution >= 0.6 is 0 Å². The van der Waals surface area contributed by atoms with Gasteiger partial charge in [0, 0.05) is 31.2 Å². The first kappa shape index (κ1) is 19.5. The van der Waals surface area contributed by atoms with Gasteiger partial charge in [-0.1, -0.05) is 0 Å². The summed E-state index contributed by atoms with van der Waals surface area (Å²) in [4.78, 5) is 23.5. The number of amides is 2. The number of aliphatic hydroxyl groups is 1. The summed E-state index contributed by atoms with van der Waals surface area (Å²) in [5.74, 6) is -1.94. The minimum atomic E-state index is -4.47. The third-order valence-corrected chi connectivity index (χ3v) is 3.70. The van der Waals surface area contributed by atoms with Crippen molar-refractivity contribution in [3.63, 3.8) is 0 Å². The number of halogens is 3. The van der Waals surface area contributed by atoms with Gasteiger partial charge in [0.2, 0.25) is 0 Å². The molecule has 1 heterocycles. The summed E-state index contributed by atoms with van der Waals surface area (Å²) in [5, 5.41) is 14.6. The summed E-state index contributed by atoms with van der Waals surface area (Å²) in [6.45, 7) is 0.0611. The molecule has 1 aromatic carbocycles. The number of benzene rings is 1. The van der Waals surface area contributed by atoms with E-state index in [-0.39, 0.29) is 18.7 Å². The van der Waals surface area contributed by atoms with Gasteiger partial charge in [0.15, 0.2) is 0 Å². The molecule has 0 saturated carbocycles. The second-order valence-corrected chi connectivity index (χ2v) is 5.63. The highest BCUT2D eigenvalue weighted by atomic mass is 19.4. The standard InChI is InChI=1S/C17H18F3N3O3/c1-23-10-2-3-13(23)14(24)8-9-21-15(25)16(26)22-12-6-4-11(5-7-12)17(18,19)20/h2-7,10,14,24H,8-9H2,1H3,(H,21,25)(H,22,26). The molecule has 2 amide bonds. The molecule has 6 nitrogen and oxygen atoms in total. The summed E-state index contributed by atoms with van der Waals surface area (Å²) >= 11 is 0. The normalized spacial score (nSPS) is 12.5. The first-order chi connectivity index (χ1) is 12.2. The molecular formula is C17H18F3N3O3. The highest BCUT2D eigenvalue weighted by molar-refractivity contribution is 6.39. The summed E-state index contributed by atoms with van der Waals surface area (Å²) in [7, 11) is 1.77. The molecular weight excluding hydrogens is 351 g/mol. The highest BCUT2D eigenvalue weighted by Gasteiger charge is 2.30. The second kappa shape index (κ2) is 8.05. The first-order valence-corrected chi connectivity index (χ1v) is 7.74. The highest BCUT2D eigenvalue weighted by Crippen LogP contribution is 2.29. The molecule has 0 spiro atoms. The Labute approximate surface area is 147 Å². The Bertz CT molecular complexity index is 770. The van der Waals surface area contributed by atoms with Gasteiger partial charge in [0.25, 0.3) is 0 Å². The number of aromatic nitrogens is 1. The fraction of sp³-hybridized carbons (Fsp3) is 0.294. The number of rotatable bonds is 5. The molecule has 0 aliphatic carbocycles. The van der Waals surface area contributed by atoms with E-state index in [1.165, 1.54) is 0 Å². The minimum absolute atomic E-state index is 0.0611. The van der Waals surface area contributed by atoms with Crippen molar-refractivity contribution < 1.29 is 27.9 Å². The predicted octanol–water partition coefficient (Wildman–Crippen LogP) is 2.22. The van der Waals surface area contributed by atoms with Crippen LogP contribution in [0.5, 0.6) is 0 Å². The van der Waals surface area contributed by atoms with Crippen LogP contribution in [0.4, 0.5) is 18.9 Å². The fourth-order valence-corrected chi connectivity index (χ4v) is 2.30. The lowest BCUT2D eigenvalue weighted by atomic mass is 10.2. The number of aliphatic hydroxyl groups excluding tert-OH is 1. The Hall–Kier alpha value is -2.81. The predicted molar refractivity (Wildman–Crippen MR) is 88.1 cm³/mol. The molecule has 0 radical (unpaired) electrons. The van der Waals surface area contributed by atoms with Gasteiger partial charge in [-0.3, -0.25) is 9.59 Å². The number of nitrogens with one attached hydrogen (secondary N) is 2. The van der Waals surface area contributed by atoms with E-state index in [9.17, 15) is 27.9 Å². The molecule has 3 N–H and O–H groups in total. The van der Waals surface area contributed by atoms with Crippen molar-refractivity contribution in [2.24, 2.45) is 7.05 Å². The molecule has 0 bridgehead atoms. The quantitative estimate of drug-likeness (QED) is 0.707. The smallest absolute Gasteiger partial charge is 0.387 e. The summed E-state index contributed by atoms with van der Waals surface area (Å²) in [6.07, 6.45) is -3.29. The van der Waals surface area contributed by atoms with Gasteiger partial charge in [0.1, 0.15) is 0 Å². The Morgan fingerprint density at radius 1 is 1.15 bits per heavy atom. The van der Waals surface area contributed by atoms with Crippen LogP contribution in [0.2, 0.25) is 0 Å². The van der Waals surface area contributed by atoms with Crippen LogP contribution in [0, 0.1) is 0 Å². The fourth-order valence-electron chi connectivity index (χ4n) is 2.30. The van der Waals surface area contributed by atoms with Crippen molar-refractivity contribution in [1.29, 1.82) is 0 Å². The van der Waals surface area contributed by atoms with Crippen LogP contribution in [-0.2, 0) is 22.8 Å². The second-order valence-electron chi connectivity index (χ2n) is 5.63. The monoisotopic (exact) mass is 369 g/mol. The summed E-state index contributed by atoms with van der Waals surface area (Å²) < 4.78 is 39.1. The van der Waals surface area contributed by atoms with E-state index in [1.54, 1.807) is 29.9 Å². The molecule has 0 fully saturated rings. The number of hydrogen-bond acceptors (Lipinski definition) is 3. The van der Waals surface area contributed by atoms with E-state index in [4.69, 9.17) is 0 Å². The Morgan fingerprint density at radius 3 is 2.35 bits per heavy atom. The van der Waals surface area contributed by atoms with Gasteiger partial charge >= 0.3 is 18.0 Å². The number of carbonyl (C=O) groups is 2. The maximum absolute atomic E-state index is 12.5. The Balaban J connectivity index is 1.80. The van der Waals surface area contributed by atoms with Crippen LogP contribution in [0.3, 0.4) is 0 Å². The van der Waals surface area contributed by atoms with E-state index >= 15 is 0 Å². The molecule has 26 heavy (non-hydrogen) atoms. The average Bonchev–Trinajstić information content (AvgIpc) is 3.00. The Kier molecular flexibility index (Phi) is 6.04. The third-order valence-electron chi connectivity index (χ3n) is 3.70. The summed E-state index contributed by atoms with van der Waals surface area (Å²) in [6, 6.07) is 7.26. The zero-order chi connectivity index (χ0) is 19.3. The topological polar surface area (TPSA) is 83.4 Å². The van der Waals surface area contributed by atoms with E-state index in [0.29, 0.717) is 5.69 Å². The lowest BCUT2D eigenvalue weighted by molar-refractivity contribution is -0.137. The number of nitrogens with zero attached hydrogens (tertiary/aromatic N) is 1. The van der Waals surface area contributed by atoms with Crippen LogP contribution in [0.15, 0.2) is 42.6 Å². The van der Waals surface area contributed by atoms with Crippen molar-refractivity contribution in [3.05, 3.63) is 53.9 Å². The van der Waals surface area contributed by atoms with E-state index in [1.807, 2.05) is 0 Å². The maximum Gasteiger partial charge on any atom is 0.416 e. The zero-order valence-corrected chi connectivity index (χ0v) is 13.9. The number of carbonyl (C=O) groups excluding carboxylic acids is 2. The molecule has 1 aromatic heterocycles. The van der Waals surface area contributed by atoms with Crippen LogP contribution < -0.4 is 10.6 Å². The van der Waals surface area contributed by atoms with Gasteiger partial charge < -0.3 is 20.3 Å². The van der Waals surface area contributed by atoms with Crippen LogP contribution in [0.1, 0.15) is 23.8 Å². The van der Waals surface area contributed by atoms with Crippen molar-refractivity contribution in [1.82, 2.24) is 9.88 Å². The number of hydrogen-bond donors (Lipinski definition) is 3. The van der Waals surface area contributed by atoms with E-state index < -0.39 is 29.7 Å². The van der Waals surface area contributed by atoms with Gasteiger partial charge in [-0.05, 0) is 42.8 Å². The van der Waals surface area contributed by atoms with Crippen molar-refractivity contribution >= 4 is 17.5 Å². The SMILES string of the molecule is Cn1cccc1C(O)CCNC(=O)C(=O)Nc1ccc(C(F)(F)F)cc1. The molecule has 9 heteroatoms. The van der Waals surface area contributed by atoms with Crippen LogP contribution in [0.25, 0.3) is 0 Å². The van der Waals surface area contributed by atoms with Gasteiger partial charge in [-0.15, -0.1) is 0 Å². The molecule has 0 aliphatic heterocycles. The lowest BCUT2D eigenvalue weighted by Crippen LogP contribution is -2.36. The molecule has 1 unspecified atom stereocenters. The van der Waals surface area contributed by atoms with Gasteiger partial charge in [0.05, 0.1) is 11.7 Å². The molecule has 2 rings (SSSR count). The molecule has 0 saturated heterocycles. The van der Waals surface area contributed by atoms with Gasteiger partial charge in [-0.25, -0.2) is 0 Å².